The summed E-state index contributed by atoms with van der Waals surface area (Å²) in [5.41, 5.74) is 0.584. The molecule has 1 fully saturated rings. The predicted octanol–water partition coefficient (Wildman–Crippen LogP) is 3.13. The highest BCUT2D eigenvalue weighted by molar-refractivity contribution is 5.67. The average Bonchev–Trinajstić information content (AvgIpc) is 2.44. The molecular weight excluding hydrogens is 278 g/mol. The molecule has 1 unspecified atom stereocenters. The van der Waals surface area contributed by atoms with E-state index in [2.05, 4.69) is 21.3 Å². The van der Waals surface area contributed by atoms with Crippen LogP contribution in [-0.2, 0) is 4.74 Å². The lowest BCUT2D eigenvalue weighted by atomic mass is 9.98. The van der Waals surface area contributed by atoms with Crippen LogP contribution in [0.25, 0.3) is 0 Å². The number of carbonyl (C=O) groups excluding carboxylic acids is 1. The quantitative estimate of drug-likeness (QED) is 0.932. The number of piperidine rings is 1. The second-order valence-electron chi connectivity index (χ2n) is 6.97. The van der Waals surface area contributed by atoms with Gasteiger partial charge in [-0.2, -0.15) is 0 Å². The second kappa shape index (κ2) is 6.99. The number of amides is 1. The van der Waals surface area contributed by atoms with Gasteiger partial charge >= 0.3 is 6.09 Å². The Kier molecular flexibility index (Phi) is 5.27. The van der Waals surface area contributed by atoms with Crippen LogP contribution >= 0.6 is 0 Å². The van der Waals surface area contributed by atoms with Crippen molar-refractivity contribution in [1.82, 2.24) is 10.3 Å². The zero-order chi connectivity index (χ0) is 16.2. The van der Waals surface area contributed by atoms with E-state index in [4.69, 9.17) is 4.74 Å². The third kappa shape index (κ3) is 5.20. The van der Waals surface area contributed by atoms with Gasteiger partial charge < -0.3 is 15.0 Å². The summed E-state index contributed by atoms with van der Waals surface area (Å²) in [6, 6.07) is 6.10. The molecule has 1 saturated heterocycles. The Hall–Kier alpha value is -1.78. The molecule has 2 heterocycles. The standard InChI is InChI=1S/C17H27N3O2/c1-13-7-5-9-15(19-13)20-10-6-8-14(12-20)11-18-16(21)22-17(2,3)4/h5,7,9,14H,6,8,10-12H2,1-4H3,(H,18,21). The average molecular weight is 305 g/mol. The number of rotatable bonds is 3. The van der Waals surface area contributed by atoms with Crippen LogP contribution in [-0.4, -0.2) is 36.3 Å². The molecule has 0 saturated carbocycles. The van der Waals surface area contributed by atoms with Crippen LogP contribution < -0.4 is 10.2 Å². The van der Waals surface area contributed by atoms with Crippen LogP contribution in [0, 0.1) is 12.8 Å². The molecule has 1 aliphatic heterocycles. The van der Waals surface area contributed by atoms with Crippen LogP contribution in [0.15, 0.2) is 18.2 Å². The van der Waals surface area contributed by atoms with E-state index < -0.39 is 5.60 Å². The Morgan fingerprint density at radius 3 is 2.91 bits per heavy atom. The molecule has 22 heavy (non-hydrogen) atoms. The van der Waals surface area contributed by atoms with Crippen LogP contribution in [0.1, 0.15) is 39.3 Å². The van der Waals surface area contributed by atoms with Crippen molar-refractivity contribution in [2.24, 2.45) is 5.92 Å². The number of nitrogens with one attached hydrogen (secondary N) is 1. The molecule has 1 aliphatic rings. The van der Waals surface area contributed by atoms with Gasteiger partial charge in [0, 0.05) is 25.3 Å². The Balaban J connectivity index is 1.85. The zero-order valence-corrected chi connectivity index (χ0v) is 14.1. The van der Waals surface area contributed by atoms with E-state index >= 15 is 0 Å². The molecule has 1 N–H and O–H groups in total. The van der Waals surface area contributed by atoms with E-state index in [0.29, 0.717) is 12.5 Å². The minimum atomic E-state index is -0.450. The summed E-state index contributed by atoms with van der Waals surface area (Å²) < 4.78 is 5.28. The predicted molar refractivity (Wildman–Crippen MR) is 88.1 cm³/mol. The normalized spacial score (nSPS) is 18.9. The van der Waals surface area contributed by atoms with Crippen molar-refractivity contribution in [3.05, 3.63) is 23.9 Å². The van der Waals surface area contributed by atoms with Crippen molar-refractivity contribution in [2.45, 2.75) is 46.1 Å². The largest absolute Gasteiger partial charge is 0.444 e. The van der Waals surface area contributed by atoms with Crippen molar-refractivity contribution >= 4 is 11.9 Å². The Morgan fingerprint density at radius 1 is 1.45 bits per heavy atom. The van der Waals surface area contributed by atoms with E-state index in [1.807, 2.05) is 39.8 Å². The SMILES string of the molecule is Cc1cccc(N2CCCC(CNC(=O)OC(C)(C)C)C2)n1. The van der Waals surface area contributed by atoms with Crippen LogP contribution in [0.3, 0.4) is 0 Å². The molecule has 1 aromatic heterocycles. The highest BCUT2D eigenvalue weighted by atomic mass is 16.6. The number of ether oxygens (including phenoxy) is 1. The molecule has 0 radical (unpaired) electrons. The highest BCUT2D eigenvalue weighted by Crippen LogP contribution is 2.21. The number of aryl methyl sites for hydroxylation is 1. The van der Waals surface area contributed by atoms with Gasteiger partial charge in [0.2, 0.25) is 0 Å². The number of pyridine rings is 1. The van der Waals surface area contributed by atoms with E-state index in [1.54, 1.807) is 0 Å². The van der Waals surface area contributed by atoms with Crippen molar-refractivity contribution in [3.63, 3.8) is 0 Å². The third-order valence-corrected chi connectivity index (χ3v) is 3.65. The molecule has 1 amide bonds. The van der Waals surface area contributed by atoms with Crippen molar-refractivity contribution in [3.8, 4) is 0 Å². The van der Waals surface area contributed by atoms with Gasteiger partial charge in [-0.15, -0.1) is 0 Å². The van der Waals surface area contributed by atoms with E-state index in [1.165, 1.54) is 0 Å². The fraction of sp³-hybridized carbons (Fsp3) is 0.647. The maximum atomic E-state index is 11.7. The van der Waals surface area contributed by atoms with Crippen LogP contribution in [0.5, 0.6) is 0 Å². The first-order chi connectivity index (χ1) is 10.3. The first-order valence-electron chi connectivity index (χ1n) is 7.99. The zero-order valence-electron chi connectivity index (χ0n) is 14.1. The van der Waals surface area contributed by atoms with Gasteiger partial charge in [-0.25, -0.2) is 9.78 Å². The van der Waals surface area contributed by atoms with Crippen molar-refractivity contribution in [2.75, 3.05) is 24.5 Å². The van der Waals surface area contributed by atoms with E-state index in [9.17, 15) is 4.79 Å². The summed E-state index contributed by atoms with van der Waals surface area (Å²) in [4.78, 5) is 18.6. The summed E-state index contributed by atoms with van der Waals surface area (Å²) in [6.07, 6.45) is 1.91. The summed E-state index contributed by atoms with van der Waals surface area (Å²) in [6.45, 7) is 10.2. The molecule has 0 aliphatic carbocycles. The minimum absolute atomic E-state index is 0.335. The minimum Gasteiger partial charge on any atom is -0.444 e. The van der Waals surface area contributed by atoms with Crippen molar-refractivity contribution < 1.29 is 9.53 Å². The fourth-order valence-electron chi connectivity index (χ4n) is 2.69. The number of carbonyl (C=O) groups is 1. The maximum Gasteiger partial charge on any atom is 0.407 e. The van der Waals surface area contributed by atoms with Crippen LogP contribution in [0.2, 0.25) is 0 Å². The highest BCUT2D eigenvalue weighted by Gasteiger charge is 2.22. The summed E-state index contributed by atoms with van der Waals surface area (Å²) in [5, 5.41) is 2.88. The van der Waals surface area contributed by atoms with E-state index in [0.717, 1.165) is 37.4 Å². The summed E-state index contributed by atoms with van der Waals surface area (Å²) in [7, 11) is 0. The smallest absolute Gasteiger partial charge is 0.407 e. The molecule has 1 atom stereocenters. The van der Waals surface area contributed by atoms with Gasteiger partial charge in [-0.1, -0.05) is 6.07 Å². The van der Waals surface area contributed by atoms with Crippen molar-refractivity contribution in [1.29, 1.82) is 0 Å². The number of nitrogens with zero attached hydrogens (tertiary/aromatic N) is 2. The molecular formula is C17H27N3O2. The topological polar surface area (TPSA) is 54.5 Å². The first kappa shape index (κ1) is 16.6. The third-order valence-electron chi connectivity index (χ3n) is 3.65. The van der Waals surface area contributed by atoms with Gasteiger partial charge in [0.05, 0.1) is 0 Å². The van der Waals surface area contributed by atoms with Gasteiger partial charge in [0.1, 0.15) is 11.4 Å². The molecule has 0 bridgehead atoms. The molecule has 1 aromatic rings. The molecule has 0 spiro atoms. The van der Waals surface area contributed by atoms with Gasteiger partial charge in [-0.3, -0.25) is 0 Å². The summed E-state index contributed by atoms with van der Waals surface area (Å²) >= 11 is 0. The van der Waals surface area contributed by atoms with Gasteiger partial charge in [-0.05, 0) is 58.6 Å². The lowest BCUT2D eigenvalue weighted by Gasteiger charge is -2.34. The summed E-state index contributed by atoms with van der Waals surface area (Å²) in [5.74, 6) is 1.46. The molecule has 0 aromatic carbocycles. The number of anilines is 1. The van der Waals surface area contributed by atoms with Gasteiger partial charge in [0.25, 0.3) is 0 Å². The number of hydrogen-bond acceptors (Lipinski definition) is 4. The monoisotopic (exact) mass is 305 g/mol. The van der Waals surface area contributed by atoms with Crippen LogP contribution in [0.4, 0.5) is 10.6 Å². The Morgan fingerprint density at radius 2 is 2.23 bits per heavy atom. The number of alkyl carbamates (subject to hydrolysis) is 1. The second-order valence-corrected chi connectivity index (χ2v) is 6.97. The number of hydrogen-bond donors (Lipinski definition) is 1. The lowest BCUT2D eigenvalue weighted by Crippen LogP contribution is -2.42. The number of aromatic nitrogens is 1. The molecule has 5 nitrogen and oxygen atoms in total. The lowest BCUT2D eigenvalue weighted by molar-refractivity contribution is 0.0517. The molecule has 2 rings (SSSR count). The first-order valence-corrected chi connectivity index (χ1v) is 7.99. The Labute approximate surface area is 133 Å². The molecule has 5 heteroatoms. The fourth-order valence-corrected chi connectivity index (χ4v) is 2.69. The van der Waals surface area contributed by atoms with Gasteiger partial charge in [0.15, 0.2) is 0 Å². The maximum absolute atomic E-state index is 11.7. The van der Waals surface area contributed by atoms with E-state index in [-0.39, 0.29) is 6.09 Å². The Bertz CT molecular complexity index is 511. The molecule has 122 valence electrons.